The summed E-state index contributed by atoms with van der Waals surface area (Å²) in [6.07, 6.45) is 2.37. The molecule has 0 saturated heterocycles. The zero-order valence-corrected chi connectivity index (χ0v) is 19.9. The summed E-state index contributed by atoms with van der Waals surface area (Å²) < 4.78 is 7.39. The Balaban J connectivity index is 1.80. The van der Waals surface area contributed by atoms with Crippen LogP contribution >= 0.6 is 11.3 Å². The monoisotopic (exact) mass is 481 g/mol. The third-order valence-corrected chi connectivity index (χ3v) is 6.42. The number of carbonyl (C=O) groups excluding carboxylic acids is 1. The molecule has 4 rings (SSSR count). The molecule has 6 nitrogen and oxygen atoms in total. The van der Waals surface area contributed by atoms with Gasteiger partial charge in [0, 0.05) is 6.54 Å². The first-order valence-electron chi connectivity index (χ1n) is 11.0. The highest BCUT2D eigenvalue weighted by Crippen LogP contribution is 2.13. The molecule has 1 heterocycles. The minimum atomic E-state index is -0.512. The van der Waals surface area contributed by atoms with Gasteiger partial charge in [0.15, 0.2) is 5.57 Å². The average Bonchev–Trinajstić information content (AvgIpc) is 3.21. The van der Waals surface area contributed by atoms with Crippen LogP contribution in [0.1, 0.15) is 11.1 Å². The minimum absolute atomic E-state index is 0.102. The maximum atomic E-state index is 13.4. The van der Waals surface area contributed by atoms with Crippen LogP contribution in [0.3, 0.4) is 0 Å². The second kappa shape index (κ2) is 11.1. The molecule has 35 heavy (non-hydrogen) atoms. The summed E-state index contributed by atoms with van der Waals surface area (Å²) in [5.74, 6) is 0.156. The molecule has 0 aliphatic rings. The number of benzene rings is 3. The van der Waals surface area contributed by atoms with E-state index in [4.69, 9.17) is 4.74 Å². The van der Waals surface area contributed by atoms with Gasteiger partial charge < -0.3 is 10.1 Å². The number of nitriles is 1. The van der Waals surface area contributed by atoms with E-state index in [1.54, 1.807) is 37.5 Å². The number of hydrogen-bond acceptors (Lipinski definition) is 5. The summed E-state index contributed by atoms with van der Waals surface area (Å²) in [6.45, 7) is 0.373. The molecule has 0 aliphatic heterocycles. The van der Waals surface area contributed by atoms with Crippen LogP contribution in [0, 0.1) is 11.3 Å². The number of thiazole rings is 1. The summed E-state index contributed by atoms with van der Waals surface area (Å²) >= 11 is 1.11. The lowest BCUT2D eigenvalue weighted by Crippen LogP contribution is -2.34. The van der Waals surface area contributed by atoms with Crippen molar-refractivity contribution >= 4 is 28.9 Å². The van der Waals surface area contributed by atoms with E-state index in [2.05, 4.69) is 5.32 Å². The van der Waals surface area contributed by atoms with Crippen molar-refractivity contribution in [3.05, 3.63) is 116 Å². The number of aromatic nitrogens is 1. The fourth-order valence-corrected chi connectivity index (χ4v) is 4.70. The molecule has 0 fully saturated rings. The zero-order chi connectivity index (χ0) is 24.6. The topological polar surface area (TPSA) is 84.1 Å². The van der Waals surface area contributed by atoms with Gasteiger partial charge in [0.1, 0.15) is 16.5 Å². The van der Waals surface area contributed by atoms with Crippen molar-refractivity contribution in [3.63, 3.8) is 0 Å². The van der Waals surface area contributed by atoms with Gasteiger partial charge in [-0.15, -0.1) is 11.3 Å². The first-order chi connectivity index (χ1) is 17.1. The smallest absolute Gasteiger partial charge is 0.273 e. The number of para-hydroxylation sites is 1. The van der Waals surface area contributed by atoms with Crippen molar-refractivity contribution < 1.29 is 9.53 Å². The van der Waals surface area contributed by atoms with Gasteiger partial charge in [-0.05, 0) is 47.9 Å². The Morgan fingerprint density at radius 1 is 1.06 bits per heavy atom. The summed E-state index contributed by atoms with van der Waals surface area (Å²) in [6, 6.07) is 28.1. The summed E-state index contributed by atoms with van der Waals surface area (Å²) in [5, 5.41) is 12.7. The number of carbonyl (C=O) groups is 1. The summed E-state index contributed by atoms with van der Waals surface area (Å²) in [4.78, 5) is 26.5. The van der Waals surface area contributed by atoms with E-state index in [-0.39, 0.29) is 15.8 Å². The molecular formula is C28H23N3O3S. The fraction of sp³-hybridized carbons (Fsp3) is 0.107. The molecule has 0 aliphatic carbocycles. The van der Waals surface area contributed by atoms with Crippen molar-refractivity contribution in [2.24, 2.45) is 0 Å². The number of methoxy groups -OCH3 is 1. The van der Waals surface area contributed by atoms with Gasteiger partial charge in [0.05, 0.1) is 17.3 Å². The largest absolute Gasteiger partial charge is 0.497 e. The number of amides is 1. The average molecular weight is 482 g/mol. The van der Waals surface area contributed by atoms with Gasteiger partial charge in [0.25, 0.3) is 11.5 Å². The Kier molecular flexibility index (Phi) is 7.56. The van der Waals surface area contributed by atoms with Gasteiger partial charge in [0.2, 0.25) is 0 Å². The molecule has 1 N–H and O–H groups in total. The maximum absolute atomic E-state index is 13.4. The van der Waals surface area contributed by atoms with Crippen molar-refractivity contribution in [1.29, 1.82) is 5.26 Å². The van der Waals surface area contributed by atoms with Crippen LogP contribution in [0.4, 0.5) is 0 Å². The number of rotatable bonds is 7. The van der Waals surface area contributed by atoms with Crippen molar-refractivity contribution in [2.75, 3.05) is 13.7 Å². The lowest BCUT2D eigenvalue weighted by atomic mass is 10.1. The van der Waals surface area contributed by atoms with E-state index in [1.807, 2.05) is 66.7 Å². The molecule has 174 valence electrons. The van der Waals surface area contributed by atoms with E-state index >= 15 is 0 Å². The van der Waals surface area contributed by atoms with Gasteiger partial charge in [-0.25, -0.2) is 0 Å². The van der Waals surface area contributed by atoms with Crippen molar-refractivity contribution in [3.8, 4) is 17.5 Å². The van der Waals surface area contributed by atoms with E-state index in [0.29, 0.717) is 28.9 Å². The van der Waals surface area contributed by atoms with Gasteiger partial charge >= 0.3 is 0 Å². The Hall–Kier alpha value is -4.41. The molecule has 1 amide bonds. The highest BCUT2D eigenvalue weighted by molar-refractivity contribution is 7.07. The molecule has 7 heteroatoms. The number of hydrogen-bond donors (Lipinski definition) is 1. The Morgan fingerprint density at radius 2 is 1.77 bits per heavy atom. The van der Waals surface area contributed by atoms with Crippen LogP contribution in [0.2, 0.25) is 0 Å². The molecule has 0 spiro atoms. The highest BCUT2D eigenvalue weighted by atomic mass is 32.1. The maximum Gasteiger partial charge on any atom is 0.273 e. The van der Waals surface area contributed by atoms with Gasteiger partial charge in [-0.3, -0.25) is 14.2 Å². The quantitative estimate of drug-likeness (QED) is 0.440. The SMILES string of the molecule is COc1cccc(/C=c2/s/c(=C(\C#N)C(=O)NCCc3ccccc3)n(-c3ccccc3)c2=O)c1. The summed E-state index contributed by atoms with van der Waals surface area (Å²) in [7, 11) is 1.58. The third kappa shape index (κ3) is 5.57. The van der Waals surface area contributed by atoms with Crippen molar-refractivity contribution in [1.82, 2.24) is 9.88 Å². The number of nitrogens with zero attached hydrogens (tertiary/aromatic N) is 2. The predicted molar refractivity (Wildman–Crippen MR) is 138 cm³/mol. The van der Waals surface area contributed by atoms with E-state index in [9.17, 15) is 14.9 Å². The molecular weight excluding hydrogens is 458 g/mol. The van der Waals surface area contributed by atoms with Crippen LogP contribution in [-0.4, -0.2) is 24.1 Å². The van der Waals surface area contributed by atoms with Crippen LogP contribution in [0.5, 0.6) is 5.75 Å². The molecule has 0 unspecified atom stereocenters. The van der Waals surface area contributed by atoms with Crippen LogP contribution in [0.15, 0.2) is 89.7 Å². The normalized spacial score (nSPS) is 12.1. The Labute approximate surface area is 206 Å². The first kappa shape index (κ1) is 23.7. The fourth-order valence-electron chi connectivity index (χ4n) is 3.59. The number of ether oxygens (including phenoxy) is 1. The van der Waals surface area contributed by atoms with Gasteiger partial charge in [-0.2, -0.15) is 5.26 Å². The Morgan fingerprint density at radius 3 is 2.46 bits per heavy atom. The molecule has 4 aromatic rings. The second-order valence-electron chi connectivity index (χ2n) is 7.65. The Bertz CT molecular complexity index is 1550. The van der Waals surface area contributed by atoms with Crippen molar-refractivity contribution in [2.45, 2.75) is 6.42 Å². The van der Waals surface area contributed by atoms with Crippen LogP contribution in [0.25, 0.3) is 17.3 Å². The second-order valence-corrected chi connectivity index (χ2v) is 8.68. The predicted octanol–water partition coefficient (Wildman–Crippen LogP) is 2.77. The number of nitrogens with one attached hydrogen (secondary N) is 1. The molecule has 1 aromatic heterocycles. The van der Waals surface area contributed by atoms with E-state index < -0.39 is 5.91 Å². The lowest BCUT2D eigenvalue weighted by Gasteiger charge is -2.06. The third-order valence-electron chi connectivity index (χ3n) is 5.32. The van der Waals surface area contributed by atoms with Gasteiger partial charge in [-0.1, -0.05) is 60.7 Å². The van der Waals surface area contributed by atoms with Crippen LogP contribution < -0.4 is 24.8 Å². The molecule has 0 atom stereocenters. The summed E-state index contributed by atoms with van der Waals surface area (Å²) in [5.41, 5.74) is 2.04. The standard InChI is InChI=1S/C28H23N3O3S/c1-34-23-14-8-11-21(17-23)18-25-27(33)31(22-12-6-3-7-13-22)28(35-25)24(19-29)26(32)30-16-15-20-9-4-2-5-10-20/h2-14,17-18H,15-16H2,1H3,(H,30,32)/b25-18+,28-24+. The first-order valence-corrected chi connectivity index (χ1v) is 11.8. The highest BCUT2D eigenvalue weighted by Gasteiger charge is 2.16. The van der Waals surface area contributed by atoms with E-state index in [0.717, 1.165) is 22.5 Å². The molecule has 0 bridgehead atoms. The lowest BCUT2D eigenvalue weighted by molar-refractivity contribution is -0.115. The van der Waals surface area contributed by atoms with Crippen LogP contribution in [-0.2, 0) is 11.2 Å². The zero-order valence-electron chi connectivity index (χ0n) is 19.1. The minimum Gasteiger partial charge on any atom is -0.497 e. The molecule has 3 aromatic carbocycles. The molecule has 0 radical (unpaired) electrons. The van der Waals surface area contributed by atoms with E-state index in [1.165, 1.54) is 4.57 Å². The molecule has 0 saturated carbocycles.